The smallest absolute Gasteiger partial charge is 0.228 e. The molecule has 0 atom stereocenters. The van der Waals surface area contributed by atoms with Crippen LogP contribution in [0.1, 0.15) is 31.9 Å². The van der Waals surface area contributed by atoms with Gasteiger partial charge in [-0.1, -0.05) is 12.1 Å². The molecule has 1 saturated heterocycles. The van der Waals surface area contributed by atoms with Crippen molar-refractivity contribution < 1.29 is 17.9 Å². The summed E-state index contributed by atoms with van der Waals surface area (Å²) in [5, 5.41) is 11.0. The van der Waals surface area contributed by atoms with E-state index in [4.69, 9.17) is 4.74 Å². The van der Waals surface area contributed by atoms with Gasteiger partial charge in [0.2, 0.25) is 5.91 Å². The molecule has 0 saturated carbocycles. The molecule has 1 amide bonds. The monoisotopic (exact) mass is 547 g/mol. The van der Waals surface area contributed by atoms with Crippen molar-refractivity contribution >= 4 is 32.3 Å². The molecule has 0 radical (unpaired) electrons. The minimum absolute atomic E-state index is 0.120. The molecule has 0 spiro atoms. The summed E-state index contributed by atoms with van der Waals surface area (Å²) in [6.07, 6.45) is 5.31. The van der Waals surface area contributed by atoms with Crippen LogP contribution in [0.4, 0.5) is 5.69 Å². The van der Waals surface area contributed by atoms with Gasteiger partial charge in [-0.3, -0.25) is 14.5 Å². The molecule has 1 aliphatic rings. The van der Waals surface area contributed by atoms with Crippen molar-refractivity contribution in [1.29, 1.82) is 0 Å². The van der Waals surface area contributed by atoms with Crippen LogP contribution in [0.3, 0.4) is 0 Å². The molecule has 2 aromatic heterocycles. The summed E-state index contributed by atoms with van der Waals surface area (Å²) in [4.78, 5) is 17.3. The second kappa shape index (κ2) is 10.4. The minimum Gasteiger partial charge on any atom is -0.456 e. The first-order chi connectivity index (χ1) is 18.5. The molecule has 2 N–H and O–H groups in total. The zero-order chi connectivity index (χ0) is 27.8. The number of carbonyl (C=O) groups excluding carboxylic acids is 1. The van der Waals surface area contributed by atoms with E-state index in [-0.39, 0.29) is 34.4 Å². The van der Waals surface area contributed by atoms with E-state index in [1.54, 1.807) is 36.7 Å². The zero-order valence-electron chi connectivity index (χ0n) is 22.6. The van der Waals surface area contributed by atoms with Crippen molar-refractivity contribution in [1.82, 2.24) is 20.1 Å². The van der Waals surface area contributed by atoms with Crippen LogP contribution in [0, 0.1) is 12.8 Å². The fraction of sp³-hybridized carbons (Fsp3) is 0.345. The van der Waals surface area contributed by atoms with Gasteiger partial charge in [-0.2, -0.15) is 5.10 Å². The number of nitrogens with one attached hydrogen (secondary N) is 2. The number of aryl methyl sites for hydroxylation is 1. The lowest BCUT2D eigenvalue weighted by atomic mass is 10.1. The Morgan fingerprint density at radius 3 is 2.59 bits per heavy atom. The molecule has 0 bridgehead atoms. The normalized spacial score (nSPS) is 14.3. The number of ether oxygens (including phenoxy) is 1. The van der Waals surface area contributed by atoms with Gasteiger partial charge in [-0.15, -0.1) is 0 Å². The van der Waals surface area contributed by atoms with Gasteiger partial charge < -0.3 is 15.4 Å². The number of pyridine rings is 1. The van der Waals surface area contributed by atoms with Gasteiger partial charge in [-0.05, 0) is 75.1 Å². The van der Waals surface area contributed by atoms with Crippen molar-refractivity contribution in [2.45, 2.75) is 44.6 Å². The van der Waals surface area contributed by atoms with Gasteiger partial charge in [0, 0.05) is 30.9 Å². The number of hydrogen-bond donors (Lipinski definition) is 2. The van der Waals surface area contributed by atoms with Crippen molar-refractivity contribution in [3.8, 4) is 11.5 Å². The summed E-state index contributed by atoms with van der Waals surface area (Å²) in [7, 11) is -3.42. The highest BCUT2D eigenvalue weighted by Gasteiger charge is 2.26. The number of hydrogen-bond acceptors (Lipinski definition) is 7. The highest BCUT2D eigenvalue weighted by Crippen LogP contribution is 2.33. The largest absolute Gasteiger partial charge is 0.456 e. The third-order valence-corrected chi connectivity index (χ3v) is 8.61. The fourth-order valence-electron chi connectivity index (χ4n) is 4.45. The van der Waals surface area contributed by atoms with Gasteiger partial charge in [0.25, 0.3) is 0 Å². The molecule has 3 heterocycles. The van der Waals surface area contributed by atoms with E-state index in [0.717, 1.165) is 24.2 Å². The van der Waals surface area contributed by atoms with Gasteiger partial charge in [0.15, 0.2) is 9.84 Å². The van der Waals surface area contributed by atoms with Crippen LogP contribution in [-0.4, -0.2) is 47.9 Å². The predicted octanol–water partition coefficient (Wildman–Crippen LogP) is 4.46. The van der Waals surface area contributed by atoms with E-state index in [2.05, 4.69) is 20.7 Å². The molecule has 204 valence electrons. The Morgan fingerprint density at radius 2 is 1.92 bits per heavy atom. The second-order valence-corrected chi connectivity index (χ2v) is 13.1. The average molecular weight is 548 g/mol. The van der Waals surface area contributed by atoms with E-state index in [1.807, 2.05) is 56.8 Å². The van der Waals surface area contributed by atoms with E-state index >= 15 is 0 Å². The molecule has 5 rings (SSSR count). The maximum Gasteiger partial charge on any atom is 0.228 e. The summed E-state index contributed by atoms with van der Waals surface area (Å²) in [5.41, 5.74) is 2.84. The number of rotatable bonds is 8. The lowest BCUT2D eigenvalue weighted by Crippen LogP contribution is -2.45. The standard InChI is InChI=1S/C29H33N5O4S/c1-19-11-20(12-28(35)33-22-16-32-34(17-22)29(2,3)4)5-8-26(19)38-27-9-10-31-25-7-6-23(13-24(25)27)39(36,37)18-21-14-30-15-21/h5-11,13,16-17,21,30H,12,14-15,18H2,1-4H3,(H,33,35). The van der Waals surface area contributed by atoms with Crippen LogP contribution in [0.15, 0.2) is 66.0 Å². The maximum absolute atomic E-state index is 13.0. The molecule has 39 heavy (non-hydrogen) atoms. The van der Waals surface area contributed by atoms with Crippen LogP contribution in [-0.2, 0) is 26.6 Å². The third-order valence-electron chi connectivity index (χ3n) is 6.73. The topological polar surface area (TPSA) is 115 Å². The Kier molecular flexibility index (Phi) is 7.17. The first kappa shape index (κ1) is 26.8. The van der Waals surface area contributed by atoms with Gasteiger partial charge in [-0.25, -0.2) is 8.42 Å². The van der Waals surface area contributed by atoms with Crippen LogP contribution >= 0.6 is 0 Å². The van der Waals surface area contributed by atoms with Crippen molar-refractivity contribution in [3.05, 3.63) is 72.2 Å². The first-order valence-corrected chi connectivity index (χ1v) is 14.6. The lowest BCUT2D eigenvalue weighted by molar-refractivity contribution is -0.115. The van der Waals surface area contributed by atoms with Crippen LogP contribution in [0.25, 0.3) is 10.9 Å². The molecule has 1 fully saturated rings. The third kappa shape index (κ3) is 6.12. The number of anilines is 1. The molecule has 10 heteroatoms. The second-order valence-electron chi connectivity index (χ2n) is 11.1. The number of carbonyl (C=O) groups is 1. The number of amides is 1. The molecule has 4 aromatic rings. The van der Waals surface area contributed by atoms with E-state index in [9.17, 15) is 13.2 Å². The Bertz CT molecular complexity index is 1640. The lowest BCUT2D eigenvalue weighted by Gasteiger charge is -2.26. The molecular formula is C29H33N5O4S. The summed E-state index contributed by atoms with van der Waals surface area (Å²) in [5.74, 6) is 1.26. The van der Waals surface area contributed by atoms with E-state index in [0.29, 0.717) is 28.1 Å². The van der Waals surface area contributed by atoms with E-state index in [1.165, 1.54) is 0 Å². The number of sulfone groups is 1. The van der Waals surface area contributed by atoms with Crippen LogP contribution in [0.2, 0.25) is 0 Å². The summed E-state index contributed by atoms with van der Waals surface area (Å²) in [6, 6.07) is 12.3. The Morgan fingerprint density at radius 1 is 1.13 bits per heavy atom. The van der Waals surface area contributed by atoms with Crippen LogP contribution < -0.4 is 15.4 Å². The van der Waals surface area contributed by atoms with E-state index < -0.39 is 9.84 Å². The van der Waals surface area contributed by atoms with Gasteiger partial charge in [0.05, 0.1) is 40.0 Å². The first-order valence-electron chi connectivity index (χ1n) is 12.9. The summed E-state index contributed by atoms with van der Waals surface area (Å²) >= 11 is 0. The predicted molar refractivity (Wildman–Crippen MR) is 151 cm³/mol. The summed E-state index contributed by atoms with van der Waals surface area (Å²) in [6.45, 7) is 9.49. The molecule has 0 unspecified atom stereocenters. The molecule has 9 nitrogen and oxygen atoms in total. The molecular weight excluding hydrogens is 514 g/mol. The Labute approximate surface area is 228 Å². The quantitative estimate of drug-likeness (QED) is 0.335. The van der Waals surface area contributed by atoms with Crippen LogP contribution in [0.5, 0.6) is 11.5 Å². The Hall–Kier alpha value is -3.76. The minimum atomic E-state index is -3.42. The van der Waals surface area contributed by atoms with Crippen molar-refractivity contribution in [3.63, 3.8) is 0 Å². The highest BCUT2D eigenvalue weighted by atomic mass is 32.2. The van der Waals surface area contributed by atoms with Gasteiger partial charge >= 0.3 is 0 Å². The number of fused-ring (bicyclic) bond motifs is 1. The highest BCUT2D eigenvalue weighted by molar-refractivity contribution is 7.91. The van der Waals surface area contributed by atoms with Crippen molar-refractivity contribution in [2.75, 3.05) is 24.2 Å². The Balaban J connectivity index is 1.31. The zero-order valence-corrected chi connectivity index (χ0v) is 23.4. The SMILES string of the molecule is Cc1cc(CC(=O)Nc2cnn(C(C)(C)C)c2)ccc1Oc1ccnc2ccc(S(=O)(=O)CC3CNC3)cc12. The van der Waals surface area contributed by atoms with Crippen molar-refractivity contribution in [2.24, 2.45) is 5.92 Å². The molecule has 0 aliphatic carbocycles. The van der Waals surface area contributed by atoms with Gasteiger partial charge in [0.1, 0.15) is 11.5 Å². The average Bonchev–Trinajstić information content (AvgIpc) is 3.32. The summed E-state index contributed by atoms with van der Waals surface area (Å²) < 4.78 is 34.0. The molecule has 1 aliphatic heterocycles. The fourth-order valence-corrected chi connectivity index (χ4v) is 6.08. The number of nitrogens with zero attached hydrogens (tertiary/aromatic N) is 3. The molecule has 2 aromatic carbocycles. The number of benzene rings is 2. The number of aromatic nitrogens is 3. The maximum atomic E-state index is 13.0.